The lowest BCUT2D eigenvalue weighted by Gasteiger charge is -2.37. The van der Waals surface area contributed by atoms with Crippen molar-refractivity contribution < 1.29 is 9.59 Å². The van der Waals surface area contributed by atoms with Crippen molar-refractivity contribution in [2.24, 2.45) is 4.99 Å². The van der Waals surface area contributed by atoms with Crippen LogP contribution in [0.2, 0.25) is 0 Å². The van der Waals surface area contributed by atoms with Gasteiger partial charge in [0.25, 0.3) is 11.8 Å². The average Bonchev–Trinajstić information content (AvgIpc) is 3.09. The summed E-state index contributed by atoms with van der Waals surface area (Å²) in [5.41, 5.74) is 1.02. The predicted octanol–water partition coefficient (Wildman–Crippen LogP) is 2.25. The lowest BCUT2D eigenvalue weighted by Crippen LogP contribution is -2.52. The molecule has 4 rings (SSSR count). The largest absolute Gasteiger partial charge is 0.357 e. The Kier molecular flexibility index (Phi) is 6.99. The second-order valence-electron chi connectivity index (χ2n) is 7.91. The number of anilines is 1. The van der Waals surface area contributed by atoms with Gasteiger partial charge in [0.2, 0.25) is 0 Å². The number of imide groups is 1. The van der Waals surface area contributed by atoms with Crippen LogP contribution in [-0.2, 0) is 0 Å². The zero-order chi connectivity index (χ0) is 22.3. The number of unbranched alkanes of at least 4 members (excludes halogenated alkanes) is 1. The number of piperazine rings is 1. The highest BCUT2D eigenvalue weighted by Crippen LogP contribution is 2.22. The van der Waals surface area contributed by atoms with Gasteiger partial charge in [-0.1, -0.05) is 18.2 Å². The summed E-state index contributed by atoms with van der Waals surface area (Å²) in [7, 11) is 0. The van der Waals surface area contributed by atoms with E-state index in [0.29, 0.717) is 24.2 Å². The highest BCUT2D eigenvalue weighted by molar-refractivity contribution is 6.21. The number of benzene rings is 1. The van der Waals surface area contributed by atoms with Crippen molar-refractivity contribution in [2.75, 3.05) is 50.7 Å². The van der Waals surface area contributed by atoms with Crippen molar-refractivity contribution in [2.45, 2.75) is 19.8 Å². The number of hydrogen-bond acceptors (Lipinski definition) is 5. The predicted molar refractivity (Wildman–Crippen MR) is 125 cm³/mol. The molecule has 2 aliphatic heterocycles. The number of guanidine groups is 1. The first-order chi connectivity index (χ1) is 15.7. The maximum atomic E-state index is 12.5. The maximum Gasteiger partial charge on any atom is 0.261 e. The molecule has 1 fully saturated rings. The highest BCUT2D eigenvalue weighted by Gasteiger charge is 2.34. The Morgan fingerprint density at radius 3 is 2.28 bits per heavy atom. The first kappa shape index (κ1) is 21.8. The number of carbonyl (C=O) groups is 2. The minimum atomic E-state index is -0.187. The summed E-state index contributed by atoms with van der Waals surface area (Å²) in [6.07, 6.45) is 3.38. The normalized spacial score (nSPS) is 16.5. The number of nitrogens with one attached hydrogen (secondary N) is 1. The molecule has 8 nitrogen and oxygen atoms in total. The molecule has 168 valence electrons. The van der Waals surface area contributed by atoms with Crippen LogP contribution in [-0.4, -0.2) is 78.4 Å². The van der Waals surface area contributed by atoms with E-state index >= 15 is 0 Å². The van der Waals surface area contributed by atoms with Gasteiger partial charge in [0, 0.05) is 52.0 Å². The summed E-state index contributed by atoms with van der Waals surface area (Å²) in [6.45, 7) is 7.56. The number of amides is 2. The number of hydrogen-bond donors (Lipinski definition) is 1. The molecule has 0 atom stereocenters. The van der Waals surface area contributed by atoms with Gasteiger partial charge in [0.05, 0.1) is 11.1 Å². The molecule has 32 heavy (non-hydrogen) atoms. The van der Waals surface area contributed by atoms with Crippen LogP contribution in [0.5, 0.6) is 0 Å². The lowest BCUT2D eigenvalue weighted by molar-refractivity contribution is 0.0652. The molecule has 1 N–H and O–H groups in total. The molecular formula is C24H30N6O2. The van der Waals surface area contributed by atoms with Gasteiger partial charge < -0.3 is 15.1 Å². The van der Waals surface area contributed by atoms with E-state index in [2.05, 4.69) is 27.0 Å². The molecule has 0 saturated carbocycles. The van der Waals surface area contributed by atoms with Gasteiger partial charge in [-0.3, -0.25) is 19.5 Å². The van der Waals surface area contributed by atoms with Gasteiger partial charge in [0.1, 0.15) is 5.82 Å². The molecule has 2 aromatic rings. The van der Waals surface area contributed by atoms with Crippen LogP contribution < -0.4 is 10.2 Å². The Hall–Kier alpha value is -3.42. The fourth-order valence-electron chi connectivity index (χ4n) is 4.12. The van der Waals surface area contributed by atoms with Crippen LogP contribution in [0.25, 0.3) is 0 Å². The van der Waals surface area contributed by atoms with Crippen LogP contribution in [0, 0.1) is 0 Å². The number of nitrogens with zero attached hydrogens (tertiary/aromatic N) is 5. The van der Waals surface area contributed by atoms with E-state index in [-0.39, 0.29) is 11.8 Å². The summed E-state index contributed by atoms with van der Waals surface area (Å²) in [5.74, 6) is 1.57. The Balaban J connectivity index is 1.25. The van der Waals surface area contributed by atoms with Crippen molar-refractivity contribution in [3.8, 4) is 0 Å². The molecule has 2 amide bonds. The quantitative estimate of drug-likeness (QED) is 0.312. The Morgan fingerprint density at radius 2 is 1.66 bits per heavy atom. The fourth-order valence-corrected chi connectivity index (χ4v) is 4.12. The van der Waals surface area contributed by atoms with Gasteiger partial charge in [-0.25, -0.2) is 4.98 Å². The Bertz CT molecular complexity index is 934. The molecule has 0 unspecified atom stereocenters. The van der Waals surface area contributed by atoms with Crippen molar-refractivity contribution >= 4 is 23.6 Å². The van der Waals surface area contributed by atoms with Gasteiger partial charge in [-0.2, -0.15) is 0 Å². The molecule has 0 spiro atoms. The van der Waals surface area contributed by atoms with Crippen molar-refractivity contribution in [1.82, 2.24) is 20.1 Å². The Labute approximate surface area is 188 Å². The SMILES string of the molecule is CCNC(=NCCCCN1C(=O)c2ccccc2C1=O)N1CCN(c2ccccn2)CC1. The third-order valence-corrected chi connectivity index (χ3v) is 5.82. The summed E-state index contributed by atoms with van der Waals surface area (Å²) in [6, 6.07) is 13.0. The highest BCUT2D eigenvalue weighted by atomic mass is 16.2. The van der Waals surface area contributed by atoms with Gasteiger partial charge >= 0.3 is 0 Å². The summed E-state index contributed by atoms with van der Waals surface area (Å²) in [5, 5.41) is 3.39. The molecule has 2 aliphatic rings. The fraction of sp³-hybridized carbons (Fsp3) is 0.417. The second-order valence-corrected chi connectivity index (χ2v) is 7.91. The second kappa shape index (κ2) is 10.3. The molecule has 0 bridgehead atoms. The third kappa shape index (κ3) is 4.74. The van der Waals surface area contributed by atoms with Gasteiger partial charge in [-0.15, -0.1) is 0 Å². The van der Waals surface area contributed by atoms with E-state index < -0.39 is 0 Å². The zero-order valence-electron chi connectivity index (χ0n) is 18.5. The number of fused-ring (bicyclic) bond motifs is 1. The molecule has 0 radical (unpaired) electrons. The minimum absolute atomic E-state index is 0.187. The van der Waals surface area contributed by atoms with E-state index in [1.165, 1.54) is 4.90 Å². The number of carbonyl (C=O) groups excluding carboxylic acids is 2. The third-order valence-electron chi connectivity index (χ3n) is 5.82. The van der Waals surface area contributed by atoms with Crippen molar-refractivity contribution in [3.05, 3.63) is 59.8 Å². The van der Waals surface area contributed by atoms with Crippen LogP contribution in [0.3, 0.4) is 0 Å². The van der Waals surface area contributed by atoms with E-state index in [0.717, 1.165) is 57.3 Å². The van der Waals surface area contributed by atoms with Crippen molar-refractivity contribution in [3.63, 3.8) is 0 Å². The van der Waals surface area contributed by atoms with E-state index in [1.807, 2.05) is 24.4 Å². The maximum absolute atomic E-state index is 12.5. The smallest absolute Gasteiger partial charge is 0.261 e. The number of rotatable bonds is 7. The molecule has 1 saturated heterocycles. The van der Waals surface area contributed by atoms with E-state index in [9.17, 15) is 9.59 Å². The molecule has 0 aliphatic carbocycles. The average molecular weight is 435 g/mol. The Morgan fingerprint density at radius 1 is 0.969 bits per heavy atom. The van der Waals surface area contributed by atoms with E-state index in [1.54, 1.807) is 24.3 Å². The van der Waals surface area contributed by atoms with Crippen LogP contribution >= 0.6 is 0 Å². The summed E-state index contributed by atoms with van der Waals surface area (Å²) >= 11 is 0. The molecule has 1 aromatic carbocycles. The van der Waals surface area contributed by atoms with Crippen LogP contribution in [0.4, 0.5) is 5.82 Å². The minimum Gasteiger partial charge on any atom is -0.357 e. The molecule has 3 heterocycles. The van der Waals surface area contributed by atoms with Crippen LogP contribution in [0.15, 0.2) is 53.7 Å². The van der Waals surface area contributed by atoms with Gasteiger partial charge in [0.15, 0.2) is 5.96 Å². The summed E-state index contributed by atoms with van der Waals surface area (Å²) < 4.78 is 0. The number of aromatic nitrogens is 1. The lowest BCUT2D eigenvalue weighted by atomic mass is 10.1. The monoisotopic (exact) mass is 434 g/mol. The molecule has 8 heteroatoms. The summed E-state index contributed by atoms with van der Waals surface area (Å²) in [4.78, 5) is 40.1. The molecular weight excluding hydrogens is 404 g/mol. The topological polar surface area (TPSA) is 81.1 Å². The van der Waals surface area contributed by atoms with E-state index in [4.69, 9.17) is 4.99 Å². The van der Waals surface area contributed by atoms with Crippen molar-refractivity contribution in [1.29, 1.82) is 0 Å². The first-order valence-corrected chi connectivity index (χ1v) is 11.3. The number of pyridine rings is 1. The van der Waals surface area contributed by atoms with Crippen LogP contribution in [0.1, 0.15) is 40.5 Å². The standard InChI is InChI=1S/C24H30N6O2/c1-2-25-24(29-17-15-28(16-18-29)21-11-5-6-12-26-21)27-13-7-8-14-30-22(31)19-9-3-4-10-20(19)23(30)32/h3-6,9-12H,2,7-8,13-18H2,1H3,(H,25,27). The number of aliphatic imine (C=N–C) groups is 1. The van der Waals surface area contributed by atoms with Gasteiger partial charge in [-0.05, 0) is 44.0 Å². The first-order valence-electron chi connectivity index (χ1n) is 11.3. The zero-order valence-corrected chi connectivity index (χ0v) is 18.5. The molecule has 1 aromatic heterocycles.